The fourth-order valence-corrected chi connectivity index (χ4v) is 2.01. The zero-order chi connectivity index (χ0) is 9.84. The second kappa shape index (κ2) is 4.39. The molecule has 0 saturated carbocycles. The first-order valence-electron chi connectivity index (χ1n) is 4.20. The zero-order valence-electron chi connectivity index (χ0n) is 7.62. The molecule has 0 aromatic carbocycles. The first-order chi connectivity index (χ1) is 6.09. The van der Waals surface area contributed by atoms with Crippen molar-refractivity contribution in [2.45, 2.75) is 25.8 Å². The third-order valence-electron chi connectivity index (χ3n) is 1.83. The Morgan fingerprint density at radius 2 is 2.31 bits per heavy atom. The van der Waals surface area contributed by atoms with Crippen molar-refractivity contribution in [3.63, 3.8) is 0 Å². The molecule has 13 heavy (non-hydrogen) atoms. The van der Waals surface area contributed by atoms with E-state index in [1.54, 1.807) is 11.3 Å². The van der Waals surface area contributed by atoms with E-state index >= 15 is 0 Å². The van der Waals surface area contributed by atoms with E-state index in [-0.39, 0.29) is 11.9 Å². The highest BCUT2D eigenvalue weighted by Crippen LogP contribution is 2.23. The van der Waals surface area contributed by atoms with Gasteiger partial charge in [-0.25, -0.2) is 0 Å². The molecule has 4 heteroatoms. The lowest BCUT2D eigenvalue weighted by Crippen LogP contribution is -2.15. The van der Waals surface area contributed by atoms with Crippen molar-refractivity contribution in [1.29, 1.82) is 0 Å². The fourth-order valence-electron chi connectivity index (χ4n) is 1.09. The Balaban J connectivity index is 2.48. The predicted molar refractivity (Wildman–Crippen MR) is 54.4 cm³/mol. The standard InChI is InChI=1S/C9H14N2OS/c1-6-2-4-8(13-6)7(10)3-5-9(11)12/h2,4,7H,3,5,10H2,1H3,(H2,11,12). The summed E-state index contributed by atoms with van der Waals surface area (Å²) in [6.45, 7) is 2.04. The smallest absolute Gasteiger partial charge is 0.217 e. The Hall–Kier alpha value is -0.870. The lowest BCUT2D eigenvalue weighted by molar-refractivity contribution is -0.118. The zero-order valence-corrected chi connectivity index (χ0v) is 8.43. The molecule has 0 bridgehead atoms. The van der Waals surface area contributed by atoms with Gasteiger partial charge < -0.3 is 11.5 Å². The maximum Gasteiger partial charge on any atom is 0.217 e. The number of amides is 1. The summed E-state index contributed by atoms with van der Waals surface area (Å²) in [6.07, 6.45) is 0.993. The van der Waals surface area contributed by atoms with Crippen LogP contribution in [0.25, 0.3) is 0 Å². The molecule has 1 heterocycles. The highest BCUT2D eigenvalue weighted by molar-refractivity contribution is 7.12. The molecule has 0 spiro atoms. The molecular formula is C9H14N2OS. The maximum absolute atomic E-state index is 10.5. The first-order valence-corrected chi connectivity index (χ1v) is 5.01. The fraction of sp³-hybridized carbons (Fsp3) is 0.444. The van der Waals surface area contributed by atoms with Gasteiger partial charge in [-0.05, 0) is 25.5 Å². The summed E-state index contributed by atoms with van der Waals surface area (Å²) in [4.78, 5) is 12.9. The summed E-state index contributed by atoms with van der Waals surface area (Å²) < 4.78 is 0. The van der Waals surface area contributed by atoms with E-state index in [2.05, 4.69) is 0 Å². The van der Waals surface area contributed by atoms with Crippen LogP contribution in [0, 0.1) is 6.92 Å². The number of aryl methyl sites for hydroxylation is 1. The van der Waals surface area contributed by atoms with Gasteiger partial charge in [0.1, 0.15) is 0 Å². The van der Waals surface area contributed by atoms with Crippen LogP contribution in [0.4, 0.5) is 0 Å². The van der Waals surface area contributed by atoms with Crippen LogP contribution < -0.4 is 11.5 Å². The highest BCUT2D eigenvalue weighted by Gasteiger charge is 2.08. The molecule has 0 radical (unpaired) electrons. The van der Waals surface area contributed by atoms with Crippen LogP contribution >= 0.6 is 11.3 Å². The number of rotatable bonds is 4. The number of nitrogens with two attached hydrogens (primary N) is 2. The Labute approximate surface area is 81.7 Å². The van der Waals surface area contributed by atoms with Crippen molar-refractivity contribution < 1.29 is 4.79 Å². The monoisotopic (exact) mass is 198 g/mol. The van der Waals surface area contributed by atoms with Crippen LogP contribution in [0.2, 0.25) is 0 Å². The number of carbonyl (C=O) groups excluding carboxylic acids is 1. The van der Waals surface area contributed by atoms with Gasteiger partial charge in [0, 0.05) is 22.2 Å². The Kier molecular flexibility index (Phi) is 3.45. The van der Waals surface area contributed by atoms with Gasteiger partial charge in [0.2, 0.25) is 5.91 Å². The minimum absolute atomic E-state index is 0.0498. The average molecular weight is 198 g/mol. The number of carbonyl (C=O) groups is 1. The van der Waals surface area contributed by atoms with Crippen molar-refractivity contribution in [3.8, 4) is 0 Å². The molecule has 1 rings (SSSR count). The van der Waals surface area contributed by atoms with Gasteiger partial charge in [-0.2, -0.15) is 0 Å². The lowest BCUT2D eigenvalue weighted by atomic mass is 10.1. The molecule has 1 unspecified atom stereocenters. The van der Waals surface area contributed by atoms with Gasteiger partial charge in [-0.1, -0.05) is 0 Å². The van der Waals surface area contributed by atoms with Crippen molar-refractivity contribution in [2.75, 3.05) is 0 Å². The molecule has 1 aromatic heterocycles. The normalized spacial score (nSPS) is 12.8. The minimum atomic E-state index is -0.288. The topological polar surface area (TPSA) is 69.1 Å². The third-order valence-corrected chi connectivity index (χ3v) is 2.96. The second-order valence-corrected chi connectivity index (χ2v) is 4.38. The summed E-state index contributed by atoms with van der Waals surface area (Å²) >= 11 is 1.67. The minimum Gasteiger partial charge on any atom is -0.370 e. The molecule has 72 valence electrons. The summed E-state index contributed by atoms with van der Waals surface area (Å²) in [6, 6.07) is 3.99. The van der Waals surface area contributed by atoms with Gasteiger partial charge in [0.25, 0.3) is 0 Å². The molecule has 1 atom stereocenters. The maximum atomic E-state index is 10.5. The molecule has 4 N–H and O–H groups in total. The van der Waals surface area contributed by atoms with Crippen LogP contribution in [-0.2, 0) is 4.79 Å². The van der Waals surface area contributed by atoms with E-state index in [1.807, 2.05) is 19.1 Å². The molecule has 1 amide bonds. The number of thiophene rings is 1. The lowest BCUT2D eigenvalue weighted by Gasteiger charge is -2.06. The molecule has 3 nitrogen and oxygen atoms in total. The van der Waals surface area contributed by atoms with E-state index in [0.717, 1.165) is 4.88 Å². The Morgan fingerprint density at radius 1 is 1.62 bits per heavy atom. The summed E-state index contributed by atoms with van der Waals surface area (Å²) in [7, 11) is 0. The summed E-state index contributed by atoms with van der Waals surface area (Å²) in [5.41, 5.74) is 10.9. The molecule has 0 aliphatic heterocycles. The molecule has 0 fully saturated rings. The molecule has 1 aromatic rings. The van der Waals surface area contributed by atoms with Gasteiger partial charge >= 0.3 is 0 Å². The third kappa shape index (κ3) is 3.16. The van der Waals surface area contributed by atoms with E-state index in [0.29, 0.717) is 12.8 Å². The average Bonchev–Trinajstić information content (AvgIpc) is 2.47. The SMILES string of the molecule is Cc1ccc(C(N)CCC(N)=O)s1. The van der Waals surface area contributed by atoms with Crippen molar-refractivity contribution in [3.05, 3.63) is 21.9 Å². The van der Waals surface area contributed by atoms with Crippen LogP contribution in [0.15, 0.2) is 12.1 Å². The van der Waals surface area contributed by atoms with Crippen molar-refractivity contribution in [2.24, 2.45) is 11.5 Å². The second-order valence-electron chi connectivity index (χ2n) is 3.06. The van der Waals surface area contributed by atoms with Crippen LogP contribution in [0.3, 0.4) is 0 Å². The largest absolute Gasteiger partial charge is 0.370 e. The summed E-state index contributed by atoms with van der Waals surface area (Å²) in [5.74, 6) is -0.288. The predicted octanol–water partition coefficient (Wildman–Crippen LogP) is 1.32. The van der Waals surface area contributed by atoms with E-state index in [9.17, 15) is 4.79 Å². The Morgan fingerprint density at radius 3 is 2.77 bits per heavy atom. The van der Waals surface area contributed by atoms with Crippen LogP contribution in [-0.4, -0.2) is 5.91 Å². The van der Waals surface area contributed by atoms with Gasteiger partial charge in [-0.15, -0.1) is 11.3 Å². The number of hydrogen-bond donors (Lipinski definition) is 2. The van der Waals surface area contributed by atoms with Gasteiger partial charge in [0.05, 0.1) is 0 Å². The van der Waals surface area contributed by atoms with Crippen molar-refractivity contribution in [1.82, 2.24) is 0 Å². The van der Waals surface area contributed by atoms with Crippen molar-refractivity contribution >= 4 is 17.2 Å². The highest BCUT2D eigenvalue weighted by atomic mass is 32.1. The molecule has 0 saturated heterocycles. The molecular weight excluding hydrogens is 184 g/mol. The number of primary amides is 1. The number of hydrogen-bond acceptors (Lipinski definition) is 3. The van der Waals surface area contributed by atoms with Crippen LogP contribution in [0.5, 0.6) is 0 Å². The quantitative estimate of drug-likeness (QED) is 0.766. The van der Waals surface area contributed by atoms with Gasteiger partial charge in [-0.3, -0.25) is 4.79 Å². The Bertz CT molecular complexity index is 296. The van der Waals surface area contributed by atoms with E-state index < -0.39 is 0 Å². The summed E-state index contributed by atoms with van der Waals surface area (Å²) in [5, 5.41) is 0. The molecule has 0 aliphatic carbocycles. The van der Waals surface area contributed by atoms with E-state index in [4.69, 9.17) is 11.5 Å². The van der Waals surface area contributed by atoms with Gasteiger partial charge in [0.15, 0.2) is 0 Å². The molecule has 0 aliphatic rings. The van der Waals surface area contributed by atoms with E-state index in [1.165, 1.54) is 4.88 Å². The van der Waals surface area contributed by atoms with Crippen LogP contribution in [0.1, 0.15) is 28.6 Å². The first kappa shape index (κ1) is 10.2.